The molecule has 0 radical (unpaired) electrons. The maximum atomic E-state index is 11.6. The molecule has 1 aliphatic rings. The van der Waals surface area contributed by atoms with Gasteiger partial charge in [-0.25, -0.2) is 0 Å². The van der Waals surface area contributed by atoms with Gasteiger partial charge in [-0.1, -0.05) is 19.1 Å². The Labute approximate surface area is 84.8 Å². The average molecular weight is 198 g/mol. The Balaban J connectivity index is 2.75. The smallest absolute Gasteiger partial charge is 0.315 e. The van der Waals surface area contributed by atoms with Crippen molar-refractivity contribution in [3.8, 4) is 0 Å². The van der Waals surface area contributed by atoms with Gasteiger partial charge in [0, 0.05) is 0 Å². The van der Waals surface area contributed by atoms with E-state index in [-0.39, 0.29) is 24.4 Å². The molecule has 0 bridgehead atoms. The minimum atomic E-state index is -0.664. The Morgan fingerprint density at radius 1 is 1.64 bits per heavy atom. The van der Waals surface area contributed by atoms with Gasteiger partial charge in [0.25, 0.3) is 0 Å². The van der Waals surface area contributed by atoms with E-state index >= 15 is 0 Å². The number of allylic oxidation sites excluding steroid dienone is 2. The Kier molecular flexibility index (Phi) is 3.32. The molecule has 0 saturated heterocycles. The van der Waals surface area contributed by atoms with Gasteiger partial charge in [-0.05, 0) is 25.7 Å². The molecule has 14 heavy (non-hydrogen) atoms. The molecule has 0 aliphatic heterocycles. The quantitative estimate of drug-likeness (QED) is 0.548. The second-order valence-corrected chi connectivity index (χ2v) is 3.76. The van der Waals surface area contributed by atoms with E-state index in [0.717, 1.165) is 0 Å². The molecule has 0 aromatic carbocycles. The van der Waals surface area contributed by atoms with Crippen molar-refractivity contribution in [3.05, 3.63) is 12.2 Å². The van der Waals surface area contributed by atoms with Crippen LogP contribution >= 0.6 is 0 Å². The SMILES string of the molecule is C/C=C/C1C(C)C1(CO)C(=O)OCC. The minimum Gasteiger partial charge on any atom is -0.465 e. The normalized spacial score (nSPS) is 36.0. The van der Waals surface area contributed by atoms with Gasteiger partial charge in [-0.3, -0.25) is 4.79 Å². The molecule has 0 spiro atoms. The van der Waals surface area contributed by atoms with E-state index in [1.54, 1.807) is 6.92 Å². The summed E-state index contributed by atoms with van der Waals surface area (Å²) in [5.41, 5.74) is -0.664. The molecule has 0 aromatic rings. The van der Waals surface area contributed by atoms with Crippen molar-refractivity contribution in [2.45, 2.75) is 20.8 Å². The average Bonchev–Trinajstić information content (AvgIpc) is 2.74. The molecular formula is C11H18O3. The summed E-state index contributed by atoms with van der Waals surface area (Å²) in [6.07, 6.45) is 3.88. The summed E-state index contributed by atoms with van der Waals surface area (Å²) in [5, 5.41) is 9.29. The minimum absolute atomic E-state index is 0.123. The van der Waals surface area contributed by atoms with Gasteiger partial charge in [-0.15, -0.1) is 0 Å². The summed E-state index contributed by atoms with van der Waals surface area (Å²) in [4.78, 5) is 11.6. The number of ether oxygens (including phenoxy) is 1. The van der Waals surface area contributed by atoms with Crippen molar-refractivity contribution in [2.75, 3.05) is 13.2 Å². The van der Waals surface area contributed by atoms with Gasteiger partial charge in [0.05, 0.1) is 13.2 Å². The van der Waals surface area contributed by atoms with Crippen LogP contribution in [0, 0.1) is 17.3 Å². The summed E-state index contributed by atoms with van der Waals surface area (Å²) >= 11 is 0. The van der Waals surface area contributed by atoms with Crippen molar-refractivity contribution in [2.24, 2.45) is 17.3 Å². The van der Waals surface area contributed by atoms with Crippen LogP contribution in [0.25, 0.3) is 0 Å². The lowest BCUT2D eigenvalue weighted by molar-refractivity contribution is -0.152. The lowest BCUT2D eigenvalue weighted by Crippen LogP contribution is -2.26. The fourth-order valence-corrected chi connectivity index (χ4v) is 2.11. The van der Waals surface area contributed by atoms with Crippen LogP contribution in [0.3, 0.4) is 0 Å². The van der Waals surface area contributed by atoms with Crippen molar-refractivity contribution in [1.29, 1.82) is 0 Å². The van der Waals surface area contributed by atoms with Crippen LogP contribution < -0.4 is 0 Å². The molecule has 0 amide bonds. The predicted molar refractivity (Wildman–Crippen MR) is 53.6 cm³/mol. The number of aliphatic hydroxyl groups is 1. The molecule has 3 nitrogen and oxygen atoms in total. The van der Waals surface area contributed by atoms with Crippen LogP contribution in [0.5, 0.6) is 0 Å². The zero-order chi connectivity index (χ0) is 10.8. The van der Waals surface area contributed by atoms with Crippen LogP contribution in [0.2, 0.25) is 0 Å². The largest absolute Gasteiger partial charge is 0.465 e. The van der Waals surface area contributed by atoms with E-state index in [2.05, 4.69) is 0 Å². The number of hydrogen-bond donors (Lipinski definition) is 1. The summed E-state index contributed by atoms with van der Waals surface area (Å²) in [5.74, 6) is 0.0531. The number of aliphatic hydroxyl groups excluding tert-OH is 1. The van der Waals surface area contributed by atoms with E-state index in [9.17, 15) is 9.90 Å². The van der Waals surface area contributed by atoms with E-state index in [1.807, 2.05) is 26.0 Å². The third-order valence-electron chi connectivity index (χ3n) is 3.15. The van der Waals surface area contributed by atoms with Gasteiger partial charge < -0.3 is 9.84 Å². The second-order valence-electron chi connectivity index (χ2n) is 3.76. The van der Waals surface area contributed by atoms with Gasteiger partial charge in [0.1, 0.15) is 5.41 Å². The zero-order valence-corrected chi connectivity index (χ0v) is 8.99. The molecule has 0 heterocycles. The Bertz CT molecular complexity index is 247. The van der Waals surface area contributed by atoms with Crippen LogP contribution in [-0.2, 0) is 9.53 Å². The summed E-state index contributed by atoms with van der Waals surface area (Å²) in [7, 11) is 0. The predicted octanol–water partition coefficient (Wildman–Crippen LogP) is 1.37. The number of rotatable bonds is 4. The first-order valence-corrected chi connectivity index (χ1v) is 5.06. The number of esters is 1. The fourth-order valence-electron chi connectivity index (χ4n) is 2.11. The van der Waals surface area contributed by atoms with Crippen LogP contribution in [0.1, 0.15) is 20.8 Å². The number of hydrogen-bond acceptors (Lipinski definition) is 3. The molecule has 3 heteroatoms. The highest BCUT2D eigenvalue weighted by atomic mass is 16.5. The van der Waals surface area contributed by atoms with Crippen molar-refractivity contribution < 1.29 is 14.6 Å². The summed E-state index contributed by atoms with van der Waals surface area (Å²) in [6.45, 7) is 5.91. The second kappa shape index (κ2) is 4.13. The number of carbonyl (C=O) groups is 1. The van der Waals surface area contributed by atoms with E-state index in [0.29, 0.717) is 6.61 Å². The van der Waals surface area contributed by atoms with E-state index in [1.165, 1.54) is 0 Å². The first-order valence-electron chi connectivity index (χ1n) is 5.06. The van der Waals surface area contributed by atoms with Gasteiger partial charge in [0.15, 0.2) is 0 Å². The van der Waals surface area contributed by atoms with Crippen molar-refractivity contribution in [3.63, 3.8) is 0 Å². The number of carbonyl (C=O) groups excluding carboxylic acids is 1. The Hall–Kier alpha value is -0.830. The van der Waals surface area contributed by atoms with Crippen molar-refractivity contribution in [1.82, 2.24) is 0 Å². The molecule has 0 aromatic heterocycles. The lowest BCUT2D eigenvalue weighted by atomic mass is 10.0. The van der Waals surface area contributed by atoms with Crippen LogP contribution in [0.15, 0.2) is 12.2 Å². The standard InChI is InChI=1S/C11H18O3/c1-4-6-9-8(3)11(9,7-12)10(13)14-5-2/h4,6,8-9,12H,5,7H2,1-3H3/b6-4+. The van der Waals surface area contributed by atoms with Gasteiger partial charge in [-0.2, -0.15) is 0 Å². The van der Waals surface area contributed by atoms with Crippen LogP contribution in [0.4, 0.5) is 0 Å². The monoisotopic (exact) mass is 198 g/mol. The molecule has 1 rings (SSSR count). The maximum absolute atomic E-state index is 11.6. The maximum Gasteiger partial charge on any atom is 0.315 e. The summed E-state index contributed by atoms with van der Waals surface area (Å²) < 4.78 is 4.97. The molecule has 3 unspecified atom stereocenters. The van der Waals surface area contributed by atoms with Crippen LogP contribution in [-0.4, -0.2) is 24.3 Å². The van der Waals surface area contributed by atoms with Gasteiger partial charge >= 0.3 is 5.97 Å². The van der Waals surface area contributed by atoms with E-state index < -0.39 is 5.41 Å². The van der Waals surface area contributed by atoms with Gasteiger partial charge in [0.2, 0.25) is 0 Å². The molecule has 3 atom stereocenters. The Morgan fingerprint density at radius 2 is 2.29 bits per heavy atom. The highest BCUT2D eigenvalue weighted by Gasteiger charge is 2.66. The highest BCUT2D eigenvalue weighted by molar-refractivity contribution is 5.82. The molecular weight excluding hydrogens is 180 g/mol. The molecule has 1 saturated carbocycles. The zero-order valence-electron chi connectivity index (χ0n) is 8.99. The third-order valence-corrected chi connectivity index (χ3v) is 3.15. The van der Waals surface area contributed by atoms with E-state index in [4.69, 9.17) is 4.74 Å². The Morgan fingerprint density at radius 3 is 2.71 bits per heavy atom. The fraction of sp³-hybridized carbons (Fsp3) is 0.727. The first kappa shape index (κ1) is 11.2. The molecule has 80 valence electrons. The molecule has 1 N–H and O–H groups in total. The third kappa shape index (κ3) is 1.46. The molecule has 1 fully saturated rings. The molecule has 1 aliphatic carbocycles. The topological polar surface area (TPSA) is 46.5 Å². The first-order chi connectivity index (χ1) is 6.65. The summed E-state index contributed by atoms with van der Waals surface area (Å²) in [6, 6.07) is 0. The highest BCUT2D eigenvalue weighted by Crippen LogP contribution is 2.59. The van der Waals surface area contributed by atoms with Crippen molar-refractivity contribution >= 4 is 5.97 Å². The lowest BCUT2D eigenvalue weighted by Gasteiger charge is -2.12.